The molecule has 0 saturated carbocycles. The molecule has 1 N–H and O–H groups in total. The molecule has 0 atom stereocenters. The Hall–Kier alpha value is -3.56. The molecule has 0 radical (unpaired) electrons. The molecule has 0 saturated heterocycles. The number of hydrogen-bond acceptors (Lipinski definition) is 7. The van der Waals surface area contributed by atoms with E-state index in [0.717, 1.165) is 5.69 Å². The van der Waals surface area contributed by atoms with Crippen LogP contribution in [0.5, 0.6) is 5.75 Å². The molecule has 1 aliphatic rings. The number of H-pyrrole nitrogens is 1. The summed E-state index contributed by atoms with van der Waals surface area (Å²) >= 11 is 0. The van der Waals surface area contributed by atoms with Gasteiger partial charge in [-0.25, -0.2) is 9.67 Å². The van der Waals surface area contributed by atoms with E-state index in [1.165, 1.54) is 17.3 Å². The molecule has 0 aliphatic carbocycles. The van der Waals surface area contributed by atoms with E-state index in [-0.39, 0.29) is 18.1 Å². The van der Waals surface area contributed by atoms with E-state index in [1.807, 2.05) is 6.07 Å². The first-order chi connectivity index (χ1) is 12.7. The summed E-state index contributed by atoms with van der Waals surface area (Å²) in [5.41, 5.74) is 1.87. The van der Waals surface area contributed by atoms with E-state index < -0.39 is 0 Å². The first-order valence-corrected chi connectivity index (χ1v) is 8.00. The second-order valence-electron chi connectivity index (χ2n) is 5.76. The van der Waals surface area contributed by atoms with E-state index >= 15 is 0 Å². The summed E-state index contributed by atoms with van der Waals surface area (Å²) in [5, 5.41) is 11.0. The van der Waals surface area contributed by atoms with E-state index in [2.05, 4.69) is 25.5 Å². The van der Waals surface area contributed by atoms with Gasteiger partial charge in [0.25, 0.3) is 11.5 Å². The zero-order valence-electron chi connectivity index (χ0n) is 13.7. The van der Waals surface area contributed by atoms with Crippen molar-refractivity contribution in [1.29, 1.82) is 0 Å². The molecule has 2 aromatic heterocycles. The van der Waals surface area contributed by atoms with Gasteiger partial charge in [-0.15, -0.1) is 5.10 Å². The number of rotatable bonds is 4. The molecule has 10 nitrogen and oxygen atoms in total. The fourth-order valence-electron chi connectivity index (χ4n) is 2.81. The van der Waals surface area contributed by atoms with Gasteiger partial charge in [0, 0.05) is 18.2 Å². The van der Waals surface area contributed by atoms with Gasteiger partial charge in [-0.3, -0.25) is 9.59 Å². The summed E-state index contributed by atoms with van der Waals surface area (Å²) in [6.07, 6.45) is 3.32. The molecule has 10 heteroatoms. The Balaban J connectivity index is 1.40. The normalized spacial score (nSPS) is 13.3. The summed E-state index contributed by atoms with van der Waals surface area (Å²) < 4.78 is 7.11. The monoisotopic (exact) mass is 353 g/mol. The molecule has 4 rings (SSSR count). The highest BCUT2D eigenvalue weighted by Gasteiger charge is 2.23. The van der Waals surface area contributed by atoms with Crippen LogP contribution in [0, 0.1) is 0 Å². The summed E-state index contributed by atoms with van der Waals surface area (Å²) in [4.78, 5) is 32.5. The lowest BCUT2D eigenvalue weighted by atomic mass is 10.1. The molecular weight excluding hydrogens is 338 g/mol. The number of carbonyl (C=O) groups excluding carboxylic acids is 1. The Morgan fingerprint density at radius 3 is 3.12 bits per heavy atom. The molecule has 0 spiro atoms. The van der Waals surface area contributed by atoms with Crippen molar-refractivity contribution in [3.05, 3.63) is 58.5 Å². The number of aromatic nitrogens is 6. The Kier molecular flexibility index (Phi) is 4.14. The predicted molar refractivity (Wildman–Crippen MR) is 88.6 cm³/mol. The van der Waals surface area contributed by atoms with Crippen molar-refractivity contribution in [2.75, 3.05) is 13.2 Å². The fraction of sp³-hybridized carbons (Fsp3) is 0.250. The summed E-state index contributed by atoms with van der Waals surface area (Å²) in [5.74, 6) is 0.379. The number of aromatic amines is 1. The SMILES string of the molecule is O=C(COc1cccc(-n2cnnn2)c1)N1CCc2c(nc[nH]c2=O)C1. The molecule has 0 unspecified atom stereocenters. The third kappa shape index (κ3) is 3.16. The minimum absolute atomic E-state index is 0.0996. The lowest BCUT2D eigenvalue weighted by Gasteiger charge is -2.27. The highest BCUT2D eigenvalue weighted by molar-refractivity contribution is 5.78. The Labute approximate surface area is 147 Å². The van der Waals surface area contributed by atoms with Crippen LogP contribution < -0.4 is 10.3 Å². The third-order valence-electron chi connectivity index (χ3n) is 4.16. The van der Waals surface area contributed by atoms with Crippen LogP contribution in [0.1, 0.15) is 11.3 Å². The summed E-state index contributed by atoms with van der Waals surface area (Å²) in [7, 11) is 0. The fourth-order valence-corrected chi connectivity index (χ4v) is 2.81. The van der Waals surface area contributed by atoms with Crippen LogP contribution in [0.2, 0.25) is 0 Å². The number of amides is 1. The van der Waals surface area contributed by atoms with Crippen molar-refractivity contribution in [2.45, 2.75) is 13.0 Å². The van der Waals surface area contributed by atoms with Crippen molar-refractivity contribution < 1.29 is 9.53 Å². The van der Waals surface area contributed by atoms with Gasteiger partial charge in [0.1, 0.15) is 12.1 Å². The number of hydrogen-bond donors (Lipinski definition) is 1. The second kappa shape index (κ2) is 6.75. The quantitative estimate of drug-likeness (QED) is 0.684. The molecule has 1 aromatic carbocycles. The number of nitrogens with one attached hydrogen (secondary N) is 1. The van der Waals surface area contributed by atoms with Gasteiger partial charge in [0.15, 0.2) is 6.61 Å². The topological polar surface area (TPSA) is 119 Å². The molecule has 0 fully saturated rings. The Morgan fingerprint density at radius 2 is 2.27 bits per heavy atom. The molecule has 3 heterocycles. The van der Waals surface area contributed by atoms with Crippen LogP contribution in [0.4, 0.5) is 0 Å². The van der Waals surface area contributed by atoms with Crippen molar-refractivity contribution >= 4 is 5.91 Å². The van der Waals surface area contributed by atoms with Crippen LogP contribution in [0.15, 0.2) is 41.7 Å². The highest BCUT2D eigenvalue weighted by atomic mass is 16.5. The first kappa shape index (κ1) is 15.9. The number of fused-ring (bicyclic) bond motifs is 1. The maximum atomic E-state index is 12.4. The van der Waals surface area contributed by atoms with Crippen molar-refractivity contribution in [1.82, 2.24) is 35.1 Å². The van der Waals surface area contributed by atoms with Crippen molar-refractivity contribution in [3.63, 3.8) is 0 Å². The molecular formula is C16H15N7O3. The molecule has 0 bridgehead atoms. The van der Waals surface area contributed by atoms with E-state index in [9.17, 15) is 9.59 Å². The van der Waals surface area contributed by atoms with Crippen LogP contribution in [0.3, 0.4) is 0 Å². The summed E-state index contributed by atoms with van der Waals surface area (Å²) in [6, 6.07) is 7.13. The molecule has 1 amide bonds. The zero-order chi connectivity index (χ0) is 17.9. The third-order valence-corrected chi connectivity index (χ3v) is 4.16. The minimum Gasteiger partial charge on any atom is -0.484 e. The van der Waals surface area contributed by atoms with E-state index in [0.29, 0.717) is 36.5 Å². The highest BCUT2D eigenvalue weighted by Crippen LogP contribution is 2.17. The molecule has 132 valence electrons. The smallest absolute Gasteiger partial charge is 0.260 e. The number of nitrogens with zero attached hydrogens (tertiary/aromatic N) is 6. The van der Waals surface area contributed by atoms with Gasteiger partial charge in [-0.05, 0) is 29.0 Å². The minimum atomic E-state index is -0.162. The summed E-state index contributed by atoms with van der Waals surface area (Å²) in [6.45, 7) is 0.679. The van der Waals surface area contributed by atoms with E-state index in [4.69, 9.17) is 4.74 Å². The largest absolute Gasteiger partial charge is 0.484 e. The Morgan fingerprint density at radius 1 is 1.35 bits per heavy atom. The van der Waals surface area contributed by atoms with Gasteiger partial charge in [0.2, 0.25) is 0 Å². The molecule has 3 aromatic rings. The lowest BCUT2D eigenvalue weighted by molar-refractivity contribution is -0.134. The van der Waals surface area contributed by atoms with Crippen LogP contribution >= 0.6 is 0 Å². The van der Waals surface area contributed by atoms with Gasteiger partial charge in [0.05, 0.1) is 24.3 Å². The first-order valence-electron chi connectivity index (χ1n) is 8.00. The van der Waals surface area contributed by atoms with Crippen LogP contribution in [-0.2, 0) is 17.8 Å². The van der Waals surface area contributed by atoms with E-state index in [1.54, 1.807) is 23.1 Å². The maximum absolute atomic E-state index is 12.4. The van der Waals surface area contributed by atoms with Crippen molar-refractivity contribution in [3.8, 4) is 11.4 Å². The van der Waals surface area contributed by atoms with Crippen LogP contribution in [-0.4, -0.2) is 54.1 Å². The number of ether oxygens (including phenoxy) is 1. The average molecular weight is 353 g/mol. The standard InChI is InChI=1S/C16H15N7O3/c24-15(22-5-4-13-14(7-22)17-9-18-16(13)25)8-26-12-3-1-2-11(6-12)23-10-19-20-21-23/h1-3,6,9-10H,4-5,7-8H2,(H,17,18,25). The molecule has 26 heavy (non-hydrogen) atoms. The lowest BCUT2D eigenvalue weighted by Crippen LogP contribution is -2.41. The van der Waals surface area contributed by atoms with Gasteiger partial charge in [-0.2, -0.15) is 0 Å². The zero-order valence-corrected chi connectivity index (χ0v) is 13.7. The second-order valence-corrected chi connectivity index (χ2v) is 5.76. The van der Waals surface area contributed by atoms with Crippen molar-refractivity contribution in [2.24, 2.45) is 0 Å². The maximum Gasteiger partial charge on any atom is 0.260 e. The number of benzene rings is 1. The average Bonchev–Trinajstić information content (AvgIpc) is 3.21. The number of tetrazole rings is 1. The van der Waals surface area contributed by atoms with Crippen LogP contribution in [0.25, 0.3) is 5.69 Å². The van der Waals surface area contributed by atoms with Gasteiger partial charge >= 0.3 is 0 Å². The molecule has 1 aliphatic heterocycles. The predicted octanol–water partition coefficient (Wildman–Crippen LogP) is -0.291. The van der Waals surface area contributed by atoms with Gasteiger partial charge in [-0.1, -0.05) is 6.07 Å². The van der Waals surface area contributed by atoms with Gasteiger partial charge < -0.3 is 14.6 Å². The Bertz CT molecular complexity index is 984. The number of carbonyl (C=O) groups is 1.